The molecule has 2 atom stereocenters. The molecule has 16 heteroatoms. The predicted molar refractivity (Wildman–Crippen MR) is 254 cm³/mol. The van der Waals surface area contributed by atoms with Gasteiger partial charge in [0.05, 0.1) is 32.5 Å². The fraction of sp³-hybridized carbons (Fsp3) is 0.604. The molecule has 366 valence electrons. The normalized spacial score (nSPS) is 11.1. The first-order chi connectivity index (χ1) is 30.2. The van der Waals surface area contributed by atoms with E-state index in [1.807, 2.05) is 55.5 Å². The molecular weight excluding hydrogens is 825 g/mol. The van der Waals surface area contributed by atoms with Crippen molar-refractivity contribution < 1.29 is 57.1 Å². The van der Waals surface area contributed by atoms with Gasteiger partial charge in [0.2, 0.25) is 23.6 Å². The van der Waals surface area contributed by atoms with Gasteiger partial charge in [-0.25, -0.2) is 4.79 Å². The highest BCUT2D eigenvalue weighted by Crippen LogP contribution is 2.16. The SMILES string of the molecule is C=C(C)C(=O)OCC(COC)OC.CC(=O)NCCCCCCNC(C)=O.CC(=O)Nc1ccc(Cc2ccc(NC(C)=O)cc2)cc1.COCC(C)(C)COC.COCC(C)OC. The first-order valence-electron chi connectivity index (χ1n) is 21.3. The standard InChI is InChI=1S/C17H18N2O2.C10H20N2O2.C9H16O4.C7H16O2.C5H12O2/c1-12(20)18-16-7-3-14(4-8-16)11-15-5-9-17(10-6-15)19-13(2)21;1-9(13)11-7-5-3-4-6-8-12-10(2)14;1-7(2)9(10)13-6-8(12-4)5-11-3;1-7(2,5-8-3)6-9-4;1-5(7-3)4-6-2/h3-10H,11H2,1-2H3,(H,18,20)(H,19,21);3-8H2,1-2H3,(H,11,13)(H,12,14);8H,1,5-6H2,2-4H3;5-6H2,1-4H3;5H,4H2,1-3H3. The first-order valence-corrected chi connectivity index (χ1v) is 21.3. The van der Waals surface area contributed by atoms with E-state index in [4.69, 9.17) is 33.2 Å². The number of rotatable bonds is 24. The van der Waals surface area contributed by atoms with Gasteiger partial charge in [-0.15, -0.1) is 0 Å². The second kappa shape index (κ2) is 41.0. The van der Waals surface area contributed by atoms with Crippen LogP contribution < -0.4 is 21.3 Å². The van der Waals surface area contributed by atoms with Gasteiger partial charge in [-0.2, -0.15) is 0 Å². The van der Waals surface area contributed by atoms with Crippen molar-refractivity contribution in [3.8, 4) is 0 Å². The predicted octanol–water partition coefficient (Wildman–Crippen LogP) is 6.75. The molecule has 0 radical (unpaired) electrons. The molecule has 0 aliphatic carbocycles. The summed E-state index contributed by atoms with van der Waals surface area (Å²) >= 11 is 0. The van der Waals surface area contributed by atoms with Gasteiger partial charge >= 0.3 is 5.97 Å². The summed E-state index contributed by atoms with van der Waals surface area (Å²) in [5, 5.41) is 11.0. The summed E-state index contributed by atoms with van der Waals surface area (Å²) in [6.07, 6.45) is 5.04. The lowest BCUT2D eigenvalue weighted by atomic mass is 9.96. The summed E-state index contributed by atoms with van der Waals surface area (Å²) < 4.78 is 34.3. The minimum absolute atomic E-state index is 0.0308. The number of nitrogens with one attached hydrogen (secondary N) is 4. The van der Waals surface area contributed by atoms with Crippen LogP contribution in [0.25, 0.3) is 0 Å². The summed E-state index contributed by atoms with van der Waals surface area (Å²) in [6.45, 7) is 21.6. The molecule has 0 aliphatic rings. The number of unbranched alkanes of at least 4 members (excludes halogenated alkanes) is 3. The molecule has 2 aromatic rings. The molecule has 0 aliphatic heterocycles. The number of carbonyl (C=O) groups is 5. The van der Waals surface area contributed by atoms with Crippen molar-refractivity contribution in [2.24, 2.45) is 5.41 Å². The van der Waals surface area contributed by atoms with Gasteiger partial charge < -0.3 is 54.4 Å². The lowest BCUT2D eigenvalue weighted by Crippen LogP contribution is -2.25. The van der Waals surface area contributed by atoms with Crippen molar-refractivity contribution in [1.29, 1.82) is 0 Å². The van der Waals surface area contributed by atoms with Crippen LogP contribution in [0.2, 0.25) is 0 Å². The Balaban J connectivity index is -0.000000767. The van der Waals surface area contributed by atoms with Crippen LogP contribution in [0.4, 0.5) is 11.4 Å². The minimum Gasteiger partial charge on any atom is -0.459 e. The van der Waals surface area contributed by atoms with Gasteiger partial charge in [0.1, 0.15) is 12.7 Å². The zero-order chi connectivity index (χ0) is 49.3. The Morgan fingerprint density at radius 1 is 0.562 bits per heavy atom. The Hall–Kier alpha value is -4.71. The highest BCUT2D eigenvalue weighted by molar-refractivity contribution is 5.89. The monoisotopic (exact) mass is 907 g/mol. The lowest BCUT2D eigenvalue weighted by molar-refractivity contribution is -0.143. The lowest BCUT2D eigenvalue weighted by Gasteiger charge is -2.21. The van der Waals surface area contributed by atoms with Crippen LogP contribution in [-0.4, -0.2) is 131 Å². The summed E-state index contributed by atoms with van der Waals surface area (Å²) in [6, 6.07) is 15.5. The van der Waals surface area contributed by atoms with Crippen molar-refractivity contribution in [2.45, 2.75) is 99.7 Å². The quantitative estimate of drug-likeness (QED) is 0.0492. The second-order valence-electron chi connectivity index (χ2n) is 15.5. The molecule has 0 bridgehead atoms. The van der Waals surface area contributed by atoms with Crippen LogP contribution in [-0.2, 0) is 63.6 Å². The average Bonchev–Trinajstić information content (AvgIpc) is 3.22. The molecule has 2 aromatic carbocycles. The maximum absolute atomic E-state index is 11.0. The van der Waals surface area contributed by atoms with Crippen molar-refractivity contribution in [3.05, 3.63) is 71.8 Å². The molecule has 4 N–H and O–H groups in total. The molecule has 16 nitrogen and oxygen atoms in total. The number of amides is 4. The summed E-state index contributed by atoms with van der Waals surface area (Å²) in [5.41, 5.74) is 4.46. The topological polar surface area (TPSA) is 198 Å². The largest absolute Gasteiger partial charge is 0.459 e. The van der Waals surface area contributed by atoms with Crippen LogP contribution >= 0.6 is 0 Å². The molecule has 0 saturated heterocycles. The Bertz CT molecular complexity index is 1450. The van der Waals surface area contributed by atoms with Crippen LogP contribution in [0.1, 0.15) is 92.2 Å². The fourth-order valence-corrected chi connectivity index (χ4v) is 4.97. The minimum atomic E-state index is -0.404. The third kappa shape index (κ3) is 42.6. The summed E-state index contributed by atoms with van der Waals surface area (Å²) in [4.78, 5) is 53.9. The Morgan fingerprint density at radius 3 is 1.25 bits per heavy atom. The highest BCUT2D eigenvalue weighted by Gasteiger charge is 2.16. The third-order valence-electron chi connectivity index (χ3n) is 8.12. The zero-order valence-corrected chi connectivity index (χ0v) is 41.4. The average molecular weight is 907 g/mol. The van der Waals surface area contributed by atoms with E-state index in [1.54, 1.807) is 42.5 Å². The fourth-order valence-electron chi connectivity index (χ4n) is 4.97. The van der Waals surface area contributed by atoms with Gasteiger partial charge in [0.25, 0.3) is 0 Å². The van der Waals surface area contributed by atoms with Crippen molar-refractivity contribution in [2.75, 3.05) is 99.4 Å². The van der Waals surface area contributed by atoms with Gasteiger partial charge in [-0.1, -0.05) is 57.5 Å². The Labute approximate surface area is 384 Å². The maximum Gasteiger partial charge on any atom is 0.333 e. The van der Waals surface area contributed by atoms with Crippen LogP contribution in [0, 0.1) is 5.41 Å². The number of ether oxygens (including phenoxy) is 7. The molecule has 4 amide bonds. The van der Waals surface area contributed by atoms with Gasteiger partial charge in [0.15, 0.2) is 0 Å². The molecule has 0 aromatic heterocycles. The molecule has 0 spiro atoms. The number of hydrogen-bond donors (Lipinski definition) is 4. The molecule has 0 saturated carbocycles. The smallest absolute Gasteiger partial charge is 0.333 e. The summed E-state index contributed by atoms with van der Waals surface area (Å²) in [7, 11) is 9.85. The number of hydrogen-bond acceptors (Lipinski definition) is 12. The van der Waals surface area contributed by atoms with Crippen LogP contribution in [0.3, 0.4) is 0 Å². The van der Waals surface area contributed by atoms with Crippen LogP contribution in [0.5, 0.6) is 0 Å². The van der Waals surface area contributed by atoms with Gasteiger partial charge in [-0.05, 0) is 68.5 Å². The summed E-state index contributed by atoms with van der Waals surface area (Å²) in [5.74, 6) is -0.489. The van der Waals surface area contributed by atoms with Gasteiger partial charge in [0, 0.05) is 106 Å². The van der Waals surface area contributed by atoms with E-state index in [-0.39, 0.29) is 47.9 Å². The number of benzene rings is 2. The van der Waals surface area contributed by atoms with Crippen LogP contribution in [0.15, 0.2) is 60.7 Å². The molecule has 2 rings (SSSR count). The number of anilines is 2. The molecule has 2 unspecified atom stereocenters. The molecule has 0 fully saturated rings. The Morgan fingerprint density at radius 2 is 0.969 bits per heavy atom. The molecule has 64 heavy (non-hydrogen) atoms. The molecular formula is C48H82N4O12. The second-order valence-corrected chi connectivity index (χ2v) is 15.5. The zero-order valence-electron chi connectivity index (χ0n) is 41.4. The molecule has 0 heterocycles. The van der Waals surface area contributed by atoms with E-state index in [2.05, 4.69) is 41.7 Å². The first kappa shape index (κ1) is 63.6. The van der Waals surface area contributed by atoms with E-state index < -0.39 is 5.97 Å². The van der Waals surface area contributed by atoms with Crippen molar-refractivity contribution >= 4 is 41.0 Å². The maximum atomic E-state index is 11.0. The number of methoxy groups -OCH3 is 6. The third-order valence-corrected chi connectivity index (χ3v) is 8.12. The number of esters is 1. The Kier molecular flexibility index (Phi) is 40.8. The van der Waals surface area contributed by atoms with Crippen molar-refractivity contribution in [1.82, 2.24) is 10.6 Å². The van der Waals surface area contributed by atoms with E-state index in [1.165, 1.54) is 34.8 Å². The van der Waals surface area contributed by atoms with E-state index >= 15 is 0 Å². The van der Waals surface area contributed by atoms with E-state index in [0.717, 1.165) is 80.9 Å². The van der Waals surface area contributed by atoms with E-state index in [0.29, 0.717) is 18.8 Å². The number of carbonyl (C=O) groups excluding carboxylic acids is 5. The highest BCUT2D eigenvalue weighted by atomic mass is 16.6. The van der Waals surface area contributed by atoms with Crippen molar-refractivity contribution in [3.63, 3.8) is 0 Å². The van der Waals surface area contributed by atoms with E-state index in [9.17, 15) is 24.0 Å². The van der Waals surface area contributed by atoms with Gasteiger partial charge in [-0.3, -0.25) is 19.2 Å².